The highest BCUT2D eigenvalue weighted by Crippen LogP contribution is 2.38. The first-order chi connectivity index (χ1) is 8.85. The Morgan fingerprint density at radius 3 is 2.53 bits per heavy atom. The second-order valence-electron chi connectivity index (χ2n) is 4.46. The number of benzene rings is 1. The molecular weight excluding hydrogens is 340 g/mol. The molecule has 0 aromatic heterocycles. The largest absolute Gasteiger partial charge is 0.431 e. The fraction of sp³-hybridized carbons (Fsp3) is 0.538. The van der Waals surface area contributed by atoms with Crippen molar-refractivity contribution in [2.24, 2.45) is 5.92 Å². The second-order valence-corrected chi connectivity index (χ2v) is 5.75. The van der Waals surface area contributed by atoms with Crippen molar-refractivity contribution in [3.63, 3.8) is 0 Å². The Kier molecular flexibility index (Phi) is 6.33. The monoisotopic (exact) mass is 355 g/mol. The average molecular weight is 357 g/mol. The van der Waals surface area contributed by atoms with Gasteiger partial charge in [-0.25, -0.2) is 0 Å². The molecule has 0 amide bonds. The summed E-state index contributed by atoms with van der Waals surface area (Å²) in [4.78, 5) is 0. The minimum atomic E-state index is -2.88. The van der Waals surface area contributed by atoms with Crippen LogP contribution < -0.4 is 10.1 Å². The molecule has 6 heteroatoms. The van der Waals surface area contributed by atoms with E-state index in [1.807, 2.05) is 6.92 Å². The number of rotatable bonds is 6. The molecule has 0 spiro atoms. The number of anilines is 1. The van der Waals surface area contributed by atoms with Gasteiger partial charge in [0.1, 0.15) is 0 Å². The van der Waals surface area contributed by atoms with E-state index in [0.717, 1.165) is 6.42 Å². The third kappa shape index (κ3) is 4.80. The Labute approximate surface area is 125 Å². The van der Waals surface area contributed by atoms with Gasteiger partial charge in [0.05, 0.1) is 10.2 Å². The van der Waals surface area contributed by atoms with E-state index < -0.39 is 6.61 Å². The fourth-order valence-electron chi connectivity index (χ4n) is 1.62. The Bertz CT molecular complexity index is 431. The van der Waals surface area contributed by atoms with Gasteiger partial charge in [0, 0.05) is 11.1 Å². The molecule has 0 aliphatic carbocycles. The van der Waals surface area contributed by atoms with Crippen LogP contribution in [0.2, 0.25) is 5.02 Å². The first-order valence-electron chi connectivity index (χ1n) is 6.05. The van der Waals surface area contributed by atoms with Crippen LogP contribution in [0.1, 0.15) is 27.2 Å². The summed E-state index contributed by atoms with van der Waals surface area (Å²) in [7, 11) is 0. The number of nitrogens with one attached hydrogen (secondary N) is 1. The van der Waals surface area contributed by atoms with Crippen molar-refractivity contribution in [2.45, 2.75) is 39.8 Å². The van der Waals surface area contributed by atoms with Crippen LogP contribution in [0.25, 0.3) is 0 Å². The molecular formula is C13H17BrClF2NO. The van der Waals surface area contributed by atoms with Crippen LogP contribution in [0.15, 0.2) is 16.6 Å². The average Bonchev–Trinajstić information content (AvgIpc) is 2.32. The molecule has 0 saturated heterocycles. The molecule has 0 radical (unpaired) electrons. The third-order valence-electron chi connectivity index (χ3n) is 3.10. The summed E-state index contributed by atoms with van der Waals surface area (Å²) in [5.74, 6) is 0.478. The molecule has 0 saturated carbocycles. The molecule has 1 aromatic rings. The molecule has 2 unspecified atom stereocenters. The Morgan fingerprint density at radius 1 is 1.37 bits per heavy atom. The van der Waals surface area contributed by atoms with E-state index in [9.17, 15) is 8.78 Å². The van der Waals surface area contributed by atoms with Crippen LogP contribution in [-0.2, 0) is 0 Å². The summed E-state index contributed by atoms with van der Waals surface area (Å²) in [5.41, 5.74) is 0.465. The van der Waals surface area contributed by atoms with Crippen molar-refractivity contribution in [3.8, 4) is 5.75 Å². The lowest BCUT2D eigenvalue weighted by Gasteiger charge is -2.23. The van der Waals surface area contributed by atoms with E-state index in [1.165, 1.54) is 6.07 Å². The lowest BCUT2D eigenvalue weighted by molar-refractivity contribution is -0.0499. The molecule has 0 bridgehead atoms. The number of hydrogen-bond donors (Lipinski definition) is 1. The van der Waals surface area contributed by atoms with Gasteiger partial charge < -0.3 is 10.1 Å². The maximum atomic E-state index is 12.4. The second kappa shape index (κ2) is 7.29. The van der Waals surface area contributed by atoms with Crippen molar-refractivity contribution in [1.82, 2.24) is 0 Å². The van der Waals surface area contributed by atoms with Gasteiger partial charge in [0.2, 0.25) is 0 Å². The molecule has 0 fully saturated rings. The summed E-state index contributed by atoms with van der Waals surface area (Å²) in [6.07, 6.45) is 0.987. The molecule has 0 aliphatic rings. The first-order valence-corrected chi connectivity index (χ1v) is 7.22. The van der Waals surface area contributed by atoms with E-state index in [-0.39, 0.29) is 11.8 Å². The van der Waals surface area contributed by atoms with Crippen molar-refractivity contribution in [1.29, 1.82) is 0 Å². The molecule has 2 nitrogen and oxygen atoms in total. The summed E-state index contributed by atoms with van der Waals surface area (Å²) in [5, 5.41) is 3.63. The van der Waals surface area contributed by atoms with Crippen LogP contribution in [-0.4, -0.2) is 12.7 Å². The zero-order valence-electron chi connectivity index (χ0n) is 11.0. The van der Waals surface area contributed by atoms with E-state index in [1.54, 1.807) is 6.07 Å². The van der Waals surface area contributed by atoms with Crippen molar-refractivity contribution >= 4 is 33.2 Å². The molecule has 19 heavy (non-hydrogen) atoms. The standard InChI is InChI=1S/C13H17BrClF2NO/c1-4-7(2)8(3)18-11-6-9(15)5-10(14)12(11)19-13(16)17/h5-8,13,18H,4H2,1-3H3. The summed E-state index contributed by atoms with van der Waals surface area (Å²) in [6.45, 7) is 3.28. The summed E-state index contributed by atoms with van der Waals surface area (Å²) >= 11 is 9.13. The highest BCUT2D eigenvalue weighted by molar-refractivity contribution is 9.10. The normalized spacial score (nSPS) is 14.3. The number of hydrogen-bond acceptors (Lipinski definition) is 2. The molecule has 1 aromatic carbocycles. The van der Waals surface area contributed by atoms with Crippen LogP contribution >= 0.6 is 27.5 Å². The molecule has 1 N–H and O–H groups in total. The molecule has 1 rings (SSSR count). The van der Waals surface area contributed by atoms with Gasteiger partial charge in [-0.3, -0.25) is 0 Å². The summed E-state index contributed by atoms with van der Waals surface area (Å²) < 4.78 is 29.8. The van der Waals surface area contributed by atoms with Crippen molar-refractivity contribution in [3.05, 3.63) is 21.6 Å². The van der Waals surface area contributed by atoms with Gasteiger partial charge in [-0.15, -0.1) is 0 Å². The molecule has 0 aliphatic heterocycles. The van der Waals surface area contributed by atoms with Gasteiger partial charge in [-0.1, -0.05) is 31.9 Å². The van der Waals surface area contributed by atoms with Gasteiger partial charge >= 0.3 is 6.61 Å². The molecule has 108 valence electrons. The minimum Gasteiger partial charge on any atom is -0.431 e. The molecule has 0 heterocycles. The minimum absolute atomic E-state index is 0.0783. The smallest absolute Gasteiger partial charge is 0.387 e. The Balaban J connectivity index is 3.03. The Morgan fingerprint density at radius 2 is 2.00 bits per heavy atom. The van der Waals surface area contributed by atoms with Gasteiger partial charge in [0.15, 0.2) is 5.75 Å². The number of halogens is 4. The Hall–Kier alpha value is -0.550. The number of alkyl halides is 2. The van der Waals surface area contributed by atoms with E-state index in [4.69, 9.17) is 11.6 Å². The predicted molar refractivity (Wildman–Crippen MR) is 78.3 cm³/mol. The van der Waals surface area contributed by atoms with E-state index in [2.05, 4.69) is 39.8 Å². The highest BCUT2D eigenvalue weighted by Gasteiger charge is 2.18. The number of ether oxygens (including phenoxy) is 1. The van der Waals surface area contributed by atoms with Gasteiger partial charge in [-0.05, 0) is 40.9 Å². The zero-order chi connectivity index (χ0) is 14.6. The van der Waals surface area contributed by atoms with Crippen LogP contribution in [0.4, 0.5) is 14.5 Å². The van der Waals surface area contributed by atoms with Crippen LogP contribution in [0.5, 0.6) is 5.75 Å². The van der Waals surface area contributed by atoms with E-state index in [0.29, 0.717) is 21.1 Å². The third-order valence-corrected chi connectivity index (χ3v) is 3.90. The first kappa shape index (κ1) is 16.5. The fourth-order valence-corrected chi connectivity index (χ4v) is 2.52. The van der Waals surface area contributed by atoms with Gasteiger partial charge in [-0.2, -0.15) is 8.78 Å². The highest BCUT2D eigenvalue weighted by atomic mass is 79.9. The predicted octanol–water partition coefficient (Wildman–Crippen LogP) is 5.55. The van der Waals surface area contributed by atoms with Gasteiger partial charge in [0.25, 0.3) is 0 Å². The maximum Gasteiger partial charge on any atom is 0.387 e. The van der Waals surface area contributed by atoms with E-state index >= 15 is 0 Å². The quantitative estimate of drug-likeness (QED) is 0.721. The lowest BCUT2D eigenvalue weighted by atomic mass is 10.0. The molecule has 2 atom stereocenters. The van der Waals surface area contributed by atoms with Crippen molar-refractivity contribution < 1.29 is 13.5 Å². The maximum absolute atomic E-state index is 12.4. The van der Waals surface area contributed by atoms with Crippen LogP contribution in [0, 0.1) is 5.92 Å². The van der Waals surface area contributed by atoms with Crippen LogP contribution in [0.3, 0.4) is 0 Å². The topological polar surface area (TPSA) is 21.3 Å². The summed E-state index contributed by atoms with van der Waals surface area (Å²) in [6, 6.07) is 3.23. The lowest BCUT2D eigenvalue weighted by Crippen LogP contribution is -2.23. The zero-order valence-corrected chi connectivity index (χ0v) is 13.4. The SMILES string of the molecule is CCC(C)C(C)Nc1cc(Cl)cc(Br)c1OC(F)F. The van der Waals surface area contributed by atoms with Crippen molar-refractivity contribution in [2.75, 3.05) is 5.32 Å².